The van der Waals surface area contributed by atoms with E-state index in [2.05, 4.69) is 15.9 Å². The average molecular weight is 247 g/mol. The number of hydrogen-bond donors (Lipinski definition) is 2. The van der Waals surface area contributed by atoms with Crippen LogP contribution in [0, 0.1) is 0 Å². The van der Waals surface area contributed by atoms with Gasteiger partial charge in [0.15, 0.2) is 11.5 Å². The molecule has 0 aliphatic rings. The Morgan fingerprint density at radius 2 is 2.08 bits per heavy atom. The van der Waals surface area contributed by atoms with E-state index in [0.717, 1.165) is 4.47 Å². The molecule has 0 aromatic heterocycles. The lowest BCUT2D eigenvalue weighted by Crippen LogP contribution is -1.94. The van der Waals surface area contributed by atoms with Gasteiger partial charge in [0.1, 0.15) is 0 Å². The Kier molecular flexibility index (Phi) is 3.17. The van der Waals surface area contributed by atoms with Crippen LogP contribution < -0.4 is 4.74 Å². The SMILES string of the molecule is COc1cc(Br)c(C(C)O)cc1O. The van der Waals surface area contributed by atoms with E-state index in [1.165, 1.54) is 13.2 Å². The summed E-state index contributed by atoms with van der Waals surface area (Å²) >= 11 is 3.27. The van der Waals surface area contributed by atoms with Crippen molar-refractivity contribution in [3.05, 3.63) is 22.2 Å². The van der Waals surface area contributed by atoms with Gasteiger partial charge in [0, 0.05) is 4.47 Å². The smallest absolute Gasteiger partial charge is 0.161 e. The third kappa shape index (κ3) is 2.14. The summed E-state index contributed by atoms with van der Waals surface area (Å²) in [6, 6.07) is 3.10. The lowest BCUT2D eigenvalue weighted by molar-refractivity contribution is 0.198. The Morgan fingerprint density at radius 1 is 1.46 bits per heavy atom. The summed E-state index contributed by atoms with van der Waals surface area (Å²) in [7, 11) is 1.48. The molecule has 1 aromatic carbocycles. The predicted octanol–water partition coefficient (Wildman–Crippen LogP) is 2.22. The molecular formula is C9H11BrO3. The normalized spacial score (nSPS) is 12.6. The maximum Gasteiger partial charge on any atom is 0.161 e. The first-order valence-electron chi connectivity index (χ1n) is 3.80. The van der Waals surface area contributed by atoms with Crippen molar-refractivity contribution in [2.45, 2.75) is 13.0 Å². The molecule has 0 fully saturated rings. The first-order valence-corrected chi connectivity index (χ1v) is 4.60. The number of rotatable bonds is 2. The van der Waals surface area contributed by atoms with Gasteiger partial charge in [-0.1, -0.05) is 15.9 Å². The van der Waals surface area contributed by atoms with Gasteiger partial charge in [0.25, 0.3) is 0 Å². The molecule has 0 aliphatic carbocycles. The molecule has 13 heavy (non-hydrogen) atoms. The largest absolute Gasteiger partial charge is 0.504 e. The number of hydrogen-bond acceptors (Lipinski definition) is 3. The van der Waals surface area contributed by atoms with Gasteiger partial charge in [-0.3, -0.25) is 0 Å². The topological polar surface area (TPSA) is 49.7 Å². The lowest BCUT2D eigenvalue weighted by Gasteiger charge is -2.10. The minimum atomic E-state index is -0.619. The maximum atomic E-state index is 9.41. The van der Waals surface area contributed by atoms with Gasteiger partial charge in [-0.05, 0) is 24.6 Å². The Hall–Kier alpha value is -0.740. The fraction of sp³-hybridized carbons (Fsp3) is 0.333. The van der Waals surface area contributed by atoms with E-state index < -0.39 is 6.10 Å². The van der Waals surface area contributed by atoms with Crippen molar-refractivity contribution in [3.63, 3.8) is 0 Å². The van der Waals surface area contributed by atoms with Crippen molar-refractivity contribution >= 4 is 15.9 Å². The van der Waals surface area contributed by atoms with E-state index in [1.54, 1.807) is 13.0 Å². The molecule has 1 rings (SSSR count). The van der Waals surface area contributed by atoms with E-state index in [0.29, 0.717) is 11.3 Å². The zero-order chi connectivity index (χ0) is 10.0. The second kappa shape index (κ2) is 3.98. The van der Waals surface area contributed by atoms with Crippen LogP contribution in [0.5, 0.6) is 11.5 Å². The number of aliphatic hydroxyl groups is 1. The molecule has 0 aliphatic heterocycles. The summed E-state index contributed by atoms with van der Waals surface area (Å²) in [6.45, 7) is 1.63. The highest BCUT2D eigenvalue weighted by molar-refractivity contribution is 9.10. The Balaban J connectivity index is 3.20. The molecule has 72 valence electrons. The minimum Gasteiger partial charge on any atom is -0.504 e. The molecule has 0 spiro atoms. The van der Waals surface area contributed by atoms with Crippen molar-refractivity contribution in [2.75, 3.05) is 7.11 Å². The molecule has 2 N–H and O–H groups in total. The van der Waals surface area contributed by atoms with Crippen LogP contribution in [0.1, 0.15) is 18.6 Å². The van der Waals surface area contributed by atoms with Gasteiger partial charge in [0.05, 0.1) is 13.2 Å². The van der Waals surface area contributed by atoms with Crippen LogP contribution in [0.4, 0.5) is 0 Å². The average Bonchev–Trinajstić information content (AvgIpc) is 2.07. The molecule has 1 aromatic rings. The third-order valence-corrected chi connectivity index (χ3v) is 2.44. The standard InChI is InChI=1S/C9H11BrO3/c1-5(11)6-3-8(12)9(13-2)4-7(6)10/h3-5,11-12H,1-2H3. The second-order valence-electron chi connectivity index (χ2n) is 2.72. The van der Waals surface area contributed by atoms with E-state index in [1.807, 2.05) is 0 Å². The van der Waals surface area contributed by atoms with E-state index in [-0.39, 0.29) is 5.75 Å². The van der Waals surface area contributed by atoms with Crippen LogP contribution >= 0.6 is 15.9 Å². The fourth-order valence-electron chi connectivity index (χ4n) is 1.04. The molecule has 0 saturated carbocycles. The molecule has 0 bridgehead atoms. The number of aliphatic hydroxyl groups excluding tert-OH is 1. The Labute approximate surface area is 85.1 Å². The van der Waals surface area contributed by atoms with E-state index >= 15 is 0 Å². The van der Waals surface area contributed by atoms with Gasteiger partial charge in [-0.25, -0.2) is 0 Å². The molecule has 4 heteroatoms. The number of phenols is 1. The summed E-state index contributed by atoms with van der Waals surface area (Å²) in [5, 5.41) is 18.7. The third-order valence-electron chi connectivity index (χ3n) is 1.75. The first-order chi connectivity index (χ1) is 6.06. The molecule has 0 radical (unpaired) electrons. The number of benzene rings is 1. The minimum absolute atomic E-state index is 0.0293. The van der Waals surface area contributed by atoms with Gasteiger partial charge >= 0.3 is 0 Å². The number of phenolic OH excluding ortho intramolecular Hbond substituents is 1. The molecule has 1 atom stereocenters. The first kappa shape index (κ1) is 10.3. The molecular weight excluding hydrogens is 236 g/mol. The quantitative estimate of drug-likeness (QED) is 0.842. The number of methoxy groups -OCH3 is 1. The molecule has 0 amide bonds. The van der Waals surface area contributed by atoms with Gasteiger partial charge in [0.2, 0.25) is 0 Å². The number of ether oxygens (including phenoxy) is 1. The van der Waals surface area contributed by atoms with Gasteiger partial charge < -0.3 is 14.9 Å². The molecule has 3 nitrogen and oxygen atoms in total. The van der Waals surface area contributed by atoms with Crippen molar-refractivity contribution < 1.29 is 14.9 Å². The fourth-order valence-corrected chi connectivity index (χ4v) is 1.70. The van der Waals surface area contributed by atoms with Crippen LogP contribution in [-0.2, 0) is 0 Å². The summed E-state index contributed by atoms with van der Waals surface area (Å²) in [5.41, 5.74) is 0.637. The Bertz CT molecular complexity index is 310. The zero-order valence-corrected chi connectivity index (χ0v) is 9.00. The summed E-state index contributed by atoms with van der Waals surface area (Å²) in [5.74, 6) is 0.415. The van der Waals surface area contributed by atoms with Crippen molar-refractivity contribution in [3.8, 4) is 11.5 Å². The predicted molar refractivity (Wildman–Crippen MR) is 53.0 cm³/mol. The highest BCUT2D eigenvalue weighted by Gasteiger charge is 2.11. The number of halogens is 1. The van der Waals surface area contributed by atoms with Gasteiger partial charge in [-0.15, -0.1) is 0 Å². The lowest BCUT2D eigenvalue weighted by atomic mass is 10.1. The highest BCUT2D eigenvalue weighted by atomic mass is 79.9. The van der Waals surface area contributed by atoms with Crippen molar-refractivity contribution in [1.82, 2.24) is 0 Å². The highest BCUT2D eigenvalue weighted by Crippen LogP contribution is 2.34. The van der Waals surface area contributed by atoms with Gasteiger partial charge in [-0.2, -0.15) is 0 Å². The zero-order valence-electron chi connectivity index (χ0n) is 7.41. The van der Waals surface area contributed by atoms with Crippen LogP contribution in [0.15, 0.2) is 16.6 Å². The molecule has 1 unspecified atom stereocenters. The van der Waals surface area contributed by atoms with Crippen molar-refractivity contribution in [1.29, 1.82) is 0 Å². The van der Waals surface area contributed by atoms with E-state index in [4.69, 9.17) is 4.74 Å². The van der Waals surface area contributed by atoms with Crippen LogP contribution in [-0.4, -0.2) is 17.3 Å². The monoisotopic (exact) mass is 246 g/mol. The number of aromatic hydroxyl groups is 1. The van der Waals surface area contributed by atoms with E-state index in [9.17, 15) is 10.2 Å². The van der Waals surface area contributed by atoms with Crippen LogP contribution in [0.2, 0.25) is 0 Å². The second-order valence-corrected chi connectivity index (χ2v) is 3.58. The summed E-state index contributed by atoms with van der Waals surface area (Å²) in [4.78, 5) is 0. The maximum absolute atomic E-state index is 9.41. The summed E-state index contributed by atoms with van der Waals surface area (Å²) in [6.07, 6.45) is -0.619. The Morgan fingerprint density at radius 3 is 2.54 bits per heavy atom. The van der Waals surface area contributed by atoms with Crippen LogP contribution in [0.25, 0.3) is 0 Å². The molecule has 0 heterocycles. The van der Waals surface area contributed by atoms with Crippen LogP contribution in [0.3, 0.4) is 0 Å². The molecule has 0 saturated heterocycles. The van der Waals surface area contributed by atoms with Crippen molar-refractivity contribution in [2.24, 2.45) is 0 Å². The summed E-state index contributed by atoms with van der Waals surface area (Å²) < 4.78 is 5.62.